The number of ether oxygens (including phenoxy) is 1. The van der Waals surface area contributed by atoms with Crippen LogP contribution in [0.1, 0.15) is 36.8 Å². The van der Waals surface area contributed by atoms with Gasteiger partial charge in [0.2, 0.25) is 0 Å². The van der Waals surface area contributed by atoms with Crippen molar-refractivity contribution in [3.63, 3.8) is 0 Å². The van der Waals surface area contributed by atoms with Crippen molar-refractivity contribution in [2.75, 3.05) is 6.54 Å². The summed E-state index contributed by atoms with van der Waals surface area (Å²) in [6.45, 7) is -0.603. The highest BCUT2D eigenvalue weighted by atomic mass is 79.9. The number of fused-ring (bicyclic) bond motifs is 5. The summed E-state index contributed by atoms with van der Waals surface area (Å²) in [7, 11) is 0. The molecule has 6 rings (SSSR count). The van der Waals surface area contributed by atoms with Gasteiger partial charge in [-0.05, 0) is 72.2 Å². The van der Waals surface area contributed by atoms with Gasteiger partial charge in [-0.25, -0.2) is 9.80 Å². The largest absolute Gasteiger partial charge is 0.422 e. The molecule has 0 spiro atoms. The zero-order valence-electron chi connectivity index (χ0n) is 21.4. The number of benzene rings is 2. The number of hydrogen-bond acceptors (Lipinski definition) is 7. The normalized spacial score (nSPS) is 26.0. The molecular weight excluding hydrogens is 735 g/mol. The lowest BCUT2D eigenvalue weighted by molar-refractivity contribution is -0.154. The number of Topliss-reactive ketones (excluding diaryl/α,β-unsaturated/α-hetero) is 1. The Kier molecular flexibility index (Phi) is 8.08. The van der Waals surface area contributed by atoms with Gasteiger partial charge in [0.05, 0.1) is 22.4 Å². The summed E-state index contributed by atoms with van der Waals surface area (Å²) < 4.78 is 5.35. The van der Waals surface area contributed by atoms with E-state index in [9.17, 15) is 24.0 Å². The molecule has 0 radical (unpaired) electrons. The molecule has 2 aromatic carbocycles. The summed E-state index contributed by atoms with van der Waals surface area (Å²) in [6, 6.07) is 13.4. The Morgan fingerprint density at radius 2 is 1.60 bits per heavy atom. The third-order valence-electron chi connectivity index (χ3n) is 8.00. The van der Waals surface area contributed by atoms with Gasteiger partial charge in [-0.2, -0.15) is 5.01 Å². The Hall–Kier alpha value is -2.57. The highest BCUT2D eigenvalue weighted by molar-refractivity contribution is 9.12. The number of imide groups is 1. The third kappa shape index (κ3) is 5.02. The minimum atomic E-state index is -0.786. The van der Waals surface area contributed by atoms with Crippen LogP contribution in [-0.2, 0) is 9.59 Å². The van der Waals surface area contributed by atoms with Crippen LogP contribution in [0.25, 0.3) is 0 Å². The minimum absolute atomic E-state index is 0.00405. The first kappa shape index (κ1) is 29.5. The number of rotatable bonds is 7. The van der Waals surface area contributed by atoms with Gasteiger partial charge < -0.3 is 4.74 Å². The first-order chi connectivity index (χ1) is 20.1. The van der Waals surface area contributed by atoms with Gasteiger partial charge in [0.1, 0.15) is 17.2 Å². The maximum Gasteiger partial charge on any atom is 0.353 e. The predicted molar refractivity (Wildman–Crippen MR) is 163 cm³/mol. The minimum Gasteiger partial charge on any atom is -0.422 e. The molecule has 3 aromatic rings. The number of carbonyl (C=O) groups is 5. The van der Waals surface area contributed by atoms with E-state index < -0.39 is 47.9 Å². The fraction of sp³-hybridized carbons (Fsp3) is 0.276. The number of hydrazine groups is 1. The van der Waals surface area contributed by atoms with E-state index in [1.54, 1.807) is 17.5 Å². The van der Waals surface area contributed by atoms with Gasteiger partial charge in [-0.1, -0.05) is 61.1 Å². The quantitative estimate of drug-likeness (QED) is 0.0925. The van der Waals surface area contributed by atoms with E-state index in [1.807, 2.05) is 0 Å². The van der Waals surface area contributed by atoms with Crippen molar-refractivity contribution in [3.8, 4) is 5.75 Å². The van der Waals surface area contributed by atoms with E-state index in [4.69, 9.17) is 27.9 Å². The van der Waals surface area contributed by atoms with Crippen molar-refractivity contribution in [2.45, 2.75) is 16.1 Å². The Labute approximate surface area is 271 Å². The van der Waals surface area contributed by atoms with Crippen molar-refractivity contribution in [2.24, 2.45) is 23.7 Å². The molecule has 216 valence electrons. The zero-order valence-corrected chi connectivity index (χ0v) is 26.9. The van der Waals surface area contributed by atoms with Gasteiger partial charge in [0, 0.05) is 20.2 Å². The molecule has 6 atom stereocenters. The molecule has 3 fully saturated rings. The average Bonchev–Trinajstić information content (AvgIpc) is 3.74. The van der Waals surface area contributed by atoms with Crippen LogP contribution in [0.15, 0.2) is 60.0 Å². The van der Waals surface area contributed by atoms with E-state index in [1.165, 1.54) is 53.8 Å². The fourth-order valence-electron chi connectivity index (χ4n) is 6.09. The fourth-order valence-corrected chi connectivity index (χ4v) is 9.06. The summed E-state index contributed by atoms with van der Waals surface area (Å²) in [6.07, 6.45) is 0.714. The van der Waals surface area contributed by atoms with Gasteiger partial charge in [-0.15, -0.1) is 11.3 Å². The SMILES string of the molecule is O=C(CN(C(=O)c1ccc(Cl)cc1Cl)N1C(=O)[C@@H]2[C@H]3C[C@@H]([C@@H](Br)[C@H]3Br)[C@H]2C1=O)c1ccc(OC(=O)c2cccs2)cc1. The molecule has 3 amide bonds. The third-order valence-corrected chi connectivity index (χ3v) is 12.6. The second kappa shape index (κ2) is 11.5. The van der Waals surface area contributed by atoms with Crippen molar-refractivity contribution in [3.05, 3.63) is 86.0 Å². The molecular formula is C29H20Br2Cl2N2O6S. The van der Waals surface area contributed by atoms with Crippen LogP contribution in [0, 0.1) is 23.7 Å². The van der Waals surface area contributed by atoms with Gasteiger partial charge in [0.15, 0.2) is 5.78 Å². The van der Waals surface area contributed by atoms with Crippen LogP contribution in [0.4, 0.5) is 0 Å². The molecule has 2 bridgehead atoms. The van der Waals surface area contributed by atoms with E-state index in [2.05, 4.69) is 31.9 Å². The van der Waals surface area contributed by atoms with Crippen molar-refractivity contribution in [1.82, 2.24) is 10.0 Å². The molecule has 8 nitrogen and oxygen atoms in total. The second-order valence-electron chi connectivity index (χ2n) is 10.3. The summed E-state index contributed by atoms with van der Waals surface area (Å²) in [5.41, 5.74) is 0.174. The Morgan fingerprint density at radius 3 is 2.17 bits per heavy atom. The molecule has 42 heavy (non-hydrogen) atoms. The Morgan fingerprint density at radius 1 is 0.952 bits per heavy atom. The predicted octanol–water partition coefficient (Wildman–Crippen LogP) is 6.29. The number of carbonyl (C=O) groups excluding carboxylic acids is 5. The summed E-state index contributed by atoms with van der Waals surface area (Å²) in [5, 5.41) is 3.79. The van der Waals surface area contributed by atoms with E-state index in [0.717, 1.165) is 10.0 Å². The summed E-state index contributed by atoms with van der Waals surface area (Å²) >= 11 is 20.9. The van der Waals surface area contributed by atoms with Gasteiger partial charge in [-0.3, -0.25) is 19.2 Å². The van der Waals surface area contributed by atoms with Gasteiger partial charge >= 0.3 is 5.97 Å². The highest BCUT2D eigenvalue weighted by Crippen LogP contribution is 2.60. The first-order valence-corrected chi connectivity index (χ1v) is 16.3. The van der Waals surface area contributed by atoms with E-state index >= 15 is 0 Å². The summed E-state index contributed by atoms with van der Waals surface area (Å²) in [5.74, 6) is -3.99. The molecule has 1 aromatic heterocycles. The molecule has 2 heterocycles. The Bertz CT molecular complexity index is 1590. The zero-order chi connectivity index (χ0) is 29.9. The van der Waals surface area contributed by atoms with Crippen LogP contribution in [0.5, 0.6) is 5.75 Å². The summed E-state index contributed by atoms with van der Waals surface area (Å²) in [4.78, 5) is 67.6. The standard InChI is InChI=1S/C29H20Br2Cl2N2O6S/c30-24-17-11-18(25(24)31)23-22(17)27(38)35(28(23)39)34(26(37)16-8-5-14(32)10-19(16)33)12-20(36)13-3-6-15(7-4-13)41-29(40)21-2-1-9-42-21/h1-10,17-18,22-25H,11-12H2/t17-,18-,22-,23-,24-,25+/m1/s1. The number of thiophene rings is 1. The van der Waals surface area contributed by atoms with Gasteiger partial charge in [0.25, 0.3) is 17.7 Å². The average molecular weight is 755 g/mol. The number of ketones is 1. The van der Waals surface area contributed by atoms with E-state index in [0.29, 0.717) is 16.3 Å². The first-order valence-electron chi connectivity index (χ1n) is 12.9. The lowest BCUT2D eigenvalue weighted by Crippen LogP contribution is -2.52. The molecule has 0 N–H and O–H groups in total. The molecule has 2 saturated carbocycles. The van der Waals surface area contributed by atoms with Crippen LogP contribution < -0.4 is 4.74 Å². The monoisotopic (exact) mass is 752 g/mol. The molecule has 0 unspecified atom stereocenters. The smallest absolute Gasteiger partial charge is 0.353 e. The topological polar surface area (TPSA) is 101 Å². The maximum absolute atomic E-state index is 13.9. The molecule has 1 saturated heterocycles. The number of nitrogens with zero attached hydrogens (tertiary/aromatic N) is 2. The number of alkyl halides is 2. The lowest BCUT2D eigenvalue weighted by atomic mass is 9.81. The lowest BCUT2D eigenvalue weighted by Gasteiger charge is -2.31. The van der Waals surface area contributed by atoms with Crippen molar-refractivity contribution < 1.29 is 28.7 Å². The molecule has 13 heteroatoms. The Balaban J connectivity index is 1.28. The van der Waals surface area contributed by atoms with Crippen LogP contribution in [-0.4, -0.2) is 55.7 Å². The molecule has 2 aliphatic carbocycles. The van der Waals surface area contributed by atoms with Crippen LogP contribution >= 0.6 is 66.4 Å². The molecule has 3 aliphatic rings. The maximum atomic E-state index is 13.9. The number of halogens is 4. The second-order valence-corrected chi connectivity index (χ2v) is 14.2. The van der Waals surface area contributed by atoms with Crippen LogP contribution in [0.2, 0.25) is 10.0 Å². The van der Waals surface area contributed by atoms with Crippen molar-refractivity contribution in [1.29, 1.82) is 0 Å². The molecule has 1 aliphatic heterocycles. The number of hydrogen-bond donors (Lipinski definition) is 0. The highest BCUT2D eigenvalue weighted by Gasteiger charge is 2.67. The number of amides is 3. The van der Waals surface area contributed by atoms with Crippen LogP contribution in [0.3, 0.4) is 0 Å². The van der Waals surface area contributed by atoms with E-state index in [-0.39, 0.29) is 43.4 Å². The number of esters is 1. The van der Waals surface area contributed by atoms with Crippen molar-refractivity contribution >= 4 is 95.9 Å².